The van der Waals surface area contributed by atoms with E-state index in [1.165, 1.54) is 13.2 Å². The third kappa shape index (κ3) is 5.65. The van der Waals surface area contributed by atoms with Gasteiger partial charge in [0.15, 0.2) is 5.82 Å². The largest absolute Gasteiger partial charge is 0.399 e. The molecule has 0 bridgehead atoms. The number of halogens is 1. The Balaban J connectivity index is 1.29. The number of amides is 1. The van der Waals surface area contributed by atoms with Crippen molar-refractivity contribution < 1.29 is 14.0 Å². The van der Waals surface area contributed by atoms with E-state index in [0.29, 0.717) is 37.5 Å². The molecule has 2 aliphatic heterocycles. The first kappa shape index (κ1) is 23.1. The Morgan fingerprint density at radius 1 is 1.12 bits per heavy atom. The van der Waals surface area contributed by atoms with Gasteiger partial charge in [0, 0.05) is 43.9 Å². The second-order valence-corrected chi connectivity index (χ2v) is 8.73. The van der Waals surface area contributed by atoms with E-state index in [9.17, 15) is 9.18 Å². The predicted octanol–water partition coefficient (Wildman–Crippen LogP) is 2.70. The van der Waals surface area contributed by atoms with Gasteiger partial charge < -0.3 is 15.5 Å². The molecule has 0 unspecified atom stereocenters. The lowest BCUT2D eigenvalue weighted by molar-refractivity contribution is -0.138. The number of piperidine rings is 2. The minimum absolute atomic E-state index is 0.00745. The number of nitrogens with two attached hydrogens (primary N) is 1. The summed E-state index contributed by atoms with van der Waals surface area (Å²) in [6.45, 7) is 3.87. The highest BCUT2D eigenvalue weighted by Gasteiger charge is 2.33. The normalized spacial score (nSPS) is 19.0. The zero-order valence-corrected chi connectivity index (χ0v) is 19.0. The molecule has 0 aliphatic carbocycles. The molecule has 0 aromatic carbocycles. The van der Waals surface area contributed by atoms with Gasteiger partial charge in [-0.25, -0.2) is 9.37 Å². The average molecular weight is 455 g/mol. The van der Waals surface area contributed by atoms with Gasteiger partial charge in [-0.05, 0) is 68.6 Å². The van der Waals surface area contributed by atoms with Crippen LogP contribution >= 0.6 is 0 Å². The van der Waals surface area contributed by atoms with Crippen LogP contribution in [-0.2, 0) is 16.2 Å². The number of likely N-dealkylation sites (tertiary alicyclic amines) is 2. The summed E-state index contributed by atoms with van der Waals surface area (Å²) in [4.78, 5) is 30.6. The maximum atomic E-state index is 14.3. The van der Waals surface area contributed by atoms with Gasteiger partial charge in [-0.1, -0.05) is 5.16 Å². The zero-order valence-electron chi connectivity index (χ0n) is 19.0. The van der Waals surface area contributed by atoms with Gasteiger partial charge in [0.05, 0.1) is 0 Å². The van der Waals surface area contributed by atoms with Crippen LogP contribution in [0.15, 0.2) is 41.8 Å². The van der Waals surface area contributed by atoms with E-state index in [1.54, 1.807) is 18.5 Å². The first-order valence-corrected chi connectivity index (χ1v) is 11.5. The highest BCUT2D eigenvalue weighted by molar-refractivity contribution is 6.00. The van der Waals surface area contributed by atoms with Gasteiger partial charge in [0.25, 0.3) is 0 Å². The molecular weight excluding hydrogens is 423 g/mol. The lowest BCUT2D eigenvalue weighted by Gasteiger charge is -2.37. The number of aromatic nitrogens is 2. The van der Waals surface area contributed by atoms with Crippen molar-refractivity contribution in [3.05, 3.63) is 53.7 Å². The number of oxime groups is 1. The molecule has 4 heterocycles. The number of hydrogen-bond donors (Lipinski definition) is 1. The van der Waals surface area contributed by atoms with E-state index in [-0.39, 0.29) is 23.4 Å². The number of rotatable bonds is 6. The minimum atomic E-state index is -0.409. The molecule has 176 valence electrons. The van der Waals surface area contributed by atoms with Gasteiger partial charge >= 0.3 is 0 Å². The smallest absolute Gasteiger partial charge is 0.225 e. The lowest BCUT2D eigenvalue weighted by atomic mass is 9.88. The third-order valence-corrected chi connectivity index (χ3v) is 6.57. The molecule has 1 amide bonds. The molecule has 2 aliphatic rings. The highest BCUT2D eigenvalue weighted by atomic mass is 19.1. The first-order valence-electron chi connectivity index (χ1n) is 11.5. The Hall–Kier alpha value is -3.07. The van der Waals surface area contributed by atoms with Crippen molar-refractivity contribution in [1.29, 1.82) is 0 Å². The van der Waals surface area contributed by atoms with Gasteiger partial charge in [-0.3, -0.25) is 14.7 Å². The summed E-state index contributed by atoms with van der Waals surface area (Å²) >= 11 is 0. The van der Waals surface area contributed by atoms with Crippen molar-refractivity contribution in [1.82, 2.24) is 19.8 Å². The standard InChI is InChI=1S/C24H31FN6O2/c1-33-29-22(23-20(25)3-2-9-28-23)18-7-13-31(14-8-18)24(32)19-5-11-30(12-6-19)16-17-4-10-27-21(26)15-17/h2-4,9-10,15,18-19H,5-8,11-14,16H2,1H3,(H2,26,27). The van der Waals surface area contributed by atoms with Crippen molar-refractivity contribution in [3.8, 4) is 0 Å². The molecule has 4 rings (SSSR count). The van der Waals surface area contributed by atoms with E-state index in [4.69, 9.17) is 10.6 Å². The highest BCUT2D eigenvalue weighted by Crippen LogP contribution is 2.27. The summed E-state index contributed by atoms with van der Waals surface area (Å²) in [6.07, 6.45) is 6.43. The molecular formula is C24H31FN6O2. The summed E-state index contributed by atoms with van der Waals surface area (Å²) in [6, 6.07) is 6.82. The second kappa shape index (κ2) is 10.7. The van der Waals surface area contributed by atoms with Crippen LogP contribution < -0.4 is 5.73 Å². The molecule has 2 N–H and O–H groups in total. The Morgan fingerprint density at radius 3 is 2.52 bits per heavy atom. The number of hydrogen-bond acceptors (Lipinski definition) is 7. The molecule has 2 saturated heterocycles. The molecule has 33 heavy (non-hydrogen) atoms. The number of pyridine rings is 2. The topological polar surface area (TPSA) is 96.9 Å². The van der Waals surface area contributed by atoms with Crippen molar-refractivity contribution in [2.45, 2.75) is 32.2 Å². The average Bonchev–Trinajstić information content (AvgIpc) is 2.83. The zero-order chi connectivity index (χ0) is 23.2. The SMILES string of the molecule is CON=C(c1ncccc1F)C1CCN(C(=O)C2CCN(Cc3ccnc(N)c3)CC2)CC1. The third-order valence-electron chi connectivity index (χ3n) is 6.57. The Kier molecular flexibility index (Phi) is 7.49. The number of carbonyl (C=O) groups is 1. The fraction of sp³-hybridized carbons (Fsp3) is 0.500. The van der Waals surface area contributed by atoms with Crippen molar-refractivity contribution in [2.75, 3.05) is 39.0 Å². The monoisotopic (exact) mass is 454 g/mol. The van der Waals surface area contributed by atoms with Crippen LogP contribution in [0.1, 0.15) is 36.9 Å². The van der Waals surface area contributed by atoms with Crippen molar-refractivity contribution in [2.24, 2.45) is 17.0 Å². The lowest BCUT2D eigenvalue weighted by Crippen LogP contribution is -2.46. The van der Waals surface area contributed by atoms with E-state index < -0.39 is 5.82 Å². The first-order chi connectivity index (χ1) is 16.0. The Labute approximate surface area is 193 Å². The number of carbonyl (C=O) groups excluding carboxylic acids is 1. The summed E-state index contributed by atoms with van der Waals surface area (Å²) in [5, 5.41) is 4.08. The van der Waals surface area contributed by atoms with Crippen LogP contribution in [0.25, 0.3) is 0 Å². The van der Waals surface area contributed by atoms with Crippen LogP contribution in [0.5, 0.6) is 0 Å². The predicted molar refractivity (Wildman–Crippen MR) is 124 cm³/mol. The summed E-state index contributed by atoms with van der Waals surface area (Å²) in [5.74, 6) is 0.419. The minimum Gasteiger partial charge on any atom is -0.399 e. The van der Waals surface area contributed by atoms with E-state index >= 15 is 0 Å². The van der Waals surface area contributed by atoms with Crippen LogP contribution in [0.3, 0.4) is 0 Å². The van der Waals surface area contributed by atoms with Gasteiger partial charge in [-0.15, -0.1) is 0 Å². The van der Waals surface area contributed by atoms with Crippen LogP contribution in [0.2, 0.25) is 0 Å². The van der Waals surface area contributed by atoms with Crippen molar-refractivity contribution in [3.63, 3.8) is 0 Å². The molecule has 0 atom stereocenters. The van der Waals surface area contributed by atoms with Crippen LogP contribution in [0, 0.1) is 17.7 Å². The van der Waals surface area contributed by atoms with Gasteiger partial charge in [-0.2, -0.15) is 0 Å². The fourth-order valence-electron chi connectivity index (χ4n) is 4.80. The quantitative estimate of drug-likeness (QED) is 0.533. The number of nitrogen functional groups attached to an aromatic ring is 1. The molecule has 2 aromatic rings. The molecule has 9 heteroatoms. The molecule has 0 spiro atoms. The summed E-state index contributed by atoms with van der Waals surface area (Å²) < 4.78 is 14.3. The fourth-order valence-corrected chi connectivity index (χ4v) is 4.80. The maximum absolute atomic E-state index is 14.3. The molecule has 0 saturated carbocycles. The number of anilines is 1. The second-order valence-electron chi connectivity index (χ2n) is 8.73. The summed E-state index contributed by atoms with van der Waals surface area (Å²) in [7, 11) is 1.45. The van der Waals surface area contributed by atoms with Crippen LogP contribution in [-0.4, -0.2) is 64.7 Å². The molecule has 2 aromatic heterocycles. The summed E-state index contributed by atoms with van der Waals surface area (Å²) in [5.41, 5.74) is 7.67. The van der Waals surface area contributed by atoms with Gasteiger partial charge in [0.2, 0.25) is 5.91 Å². The van der Waals surface area contributed by atoms with E-state index in [1.807, 2.05) is 17.0 Å². The van der Waals surface area contributed by atoms with Gasteiger partial charge in [0.1, 0.15) is 24.3 Å². The Bertz CT molecular complexity index is 984. The van der Waals surface area contributed by atoms with Crippen molar-refractivity contribution >= 4 is 17.4 Å². The van der Waals surface area contributed by atoms with Crippen LogP contribution in [0.4, 0.5) is 10.2 Å². The molecule has 8 nitrogen and oxygen atoms in total. The maximum Gasteiger partial charge on any atom is 0.225 e. The van der Waals surface area contributed by atoms with E-state index in [2.05, 4.69) is 20.0 Å². The Morgan fingerprint density at radius 2 is 1.85 bits per heavy atom. The molecule has 0 radical (unpaired) electrons. The van der Waals surface area contributed by atoms with E-state index in [0.717, 1.165) is 38.0 Å². The number of nitrogens with zero attached hydrogens (tertiary/aromatic N) is 5. The molecule has 2 fully saturated rings.